The molecule has 2 aromatic rings. The molecule has 1 heterocycles. The molecule has 1 aliphatic carbocycles. The Balaban J connectivity index is 1.67. The summed E-state index contributed by atoms with van der Waals surface area (Å²) in [6.45, 7) is 6.91. The number of nitrogens with one attached hydrogen (secondary N) is 1. The topological polar surface area (TPSA) is 51.2 Å². The average Bonchev–Trinajstić information content (AvgIpc) is 3.25. The Morgan fingerprint density at radius 3 is 2.75 bits per heavy atom. The molecule has 0 spiro atoms. The molecule has 1 aliphatic rings. The summed E-state index contributed by atoms with van der Waals surface area (Å²) in [6, 6.07) is 7.31. The van der Waals surface area contributed by atoms with Crippen LogP contribution in [-0.2, 0) is 0 Å². The number of carbonyl (C=O) groups excluding carboxylic acids is 1. The van der Waals surface area contributed by atoms with Gasteiger partial charge in [0.25, 0.3) is 5.91 Å². The lowest BCUT2D eigenvalue weighted by Crippen LogP contribution is -2.27. The highest BCUT2D eigenvalue weighted by molar-refractivity contribution is 7.09. The Hall–Kier alpha value is -1.88. The Bertz CT molecular complexity index is 707. The number of rotatable bonds is 7. The van der Waals surface area contributed by atoms with Crippen molar-refractivity contribution >= 4 is 17.2 Å². The van der Waals surface area contributed by atoms with Crippen LogP contribution in [0.25, 0.3) is 0 Å². The first-order chi connectivity index (χ1) is 11.5. The third-order valence-electron chi connectivity index (χ3n) is 4.13. The SMILES string of the molecule is CC(C)c1nc(C(C)NC(=O)c2ccccc2OCC2CC2)cs1. The Morgan fingerprint density at radius 1 is 1.33 bits per heavy atom. The van der Waals surface area contributed by atoms with Crippen molar-refractivity contribution in [2.45, 2.75) is 45.6 Å². The molecule has 3 rings (SSSR count). The highest BCUT2D eigenvalue weighted by Crippen LogP contribution is 2.30. The molecule has 0 radical (unpaired) electrons. The van der Waals surface area contributed by atoms with E-state index in [9.17, 15) is 4.79 Å². The summed E-state index contributed by atoms with van der Waals surface area (Å²) in [7, 11) is 0. The van der Waals surface area contributed by atoms with Crippen LogP contribution in [0.2, 0.25) is 0 Å². The van der Waals surface area contributed by atoms with Gasteiger partial charge in [0.1, 0.15) is 5.75 Å². The maximum atomic E-state index is 12.6. The summed E-state index contributed by atoms with van der Waals surface area (Å²) in [5, 5.41) is 6.15. The lowest BCUT2D eigenvalue weighted by Gasteiger charge is -2.14. The number of para-hydroxylation sites is 1. The summed E-state index contributed by atoms with van der Waals surface area (Å²) < 4.78 is 5.83. The van der Waals surface area contributed by atoms with Crippen molar-refractivity contribution < 1.29 is 9.53 Å². The zero-order valence-electron chi connectivity index (χ0n) is 14.4. The average molecular weight is 344 g/mol. The summed E-state index contributed by atoms with van der Waals surface area (Å²) in [5.41, 5.74) is 1.50. The molecule has 1 atom stereocenters. The fraction of sp³-hybridized carbons (Fsp3) is 0.474. The van der Waals surface area contributed by atoms with Crippen LogP contribution in [0.15, 0.2) is 29.6 Å². The monoisotopic (exact) mass is 344 g/mol. The highest BCUT2D eigenvalue weighted by Gasteiger charge is 2.23. The summed E-state index contributed by atoms with van der Waals surface area (Å²) in [6.07, 6.45) is 2.46. The second-order valence-corrected chi connectivity index (χ2v) is 7.60. The van der Waals surface area contributed by atoms with Crippen molar-refractivity contribution in [3.8, 4) is 5.75 Å². The molecule has 0 saturated heterocycles. The van der Waals surface area contributed by atoms with Gasteiger partial charge in [0.2, 0.25) is 0 Å². The van der Waals surface area contributed by atoms with Crippen LogP contribution in [0.3, 0.4) is 0 Å². The van der Waals surface area contributed by atoms with E-state index in [4.69, 9.17) is 4.74 Å². The zero-order chi connectivity index (χ0) is 17.1. The third kappa shape index (κ3) is 4.15. The van der Waals surface area contributed by atoms with Crippen molar-refractivity contribution in [1.82, 2.24) is 10.3 Å². The second-order valence-electron chi connectivity index (χ2n) is 6.71. The molecule has 0 aliphatic heterocycles. The van der Waals surface area contributed by atoms with E-state index < -0.39 is 0 Å². The molecule has 4 nitrogen and oxygen atoms in total. The van der Waals surface area contributed by atoms with E-state index in [1.54, 1.807) is 11.3 Å². The van der Waals surface area contributed by atoms with E-state index in [0.29, 0.717) is 29.8 Å². The molecule has 1 amide bonds. The number of carbonyl (C=O) groups is 1. The van der Waals surface area contributed by atoms with Crippen molar-refractivity contribution in [1.29, 1.82) is 0 Å². The Kier molecular flexibility index (Phi) is 5.19. The fourth-order valence-corrected chi connectivity index (χ4v) is 3.31. The fourth-order valence-electron chi connectivity index (χ4n) is 2.39. The van der Waals surface area contributed by atoms with Crippen LogP contribution in [0.1, 0.15) is 66.6 Å². The van der Waals surface area contributed by atoms with Gasteiger partial charge in [0, 0.05) is 11.3 Å². The van der Waals surface area contributed by atoms with E-state index >= 15 is 0 Å². The lowest BCUT2D eigenvalue weighted by molar-refractivity contribution is 0.0935. The van der Waals surface area contributed by atoms with Crippen LogP contribution >= 0.6 is 11.3 Å². The number of amides is 1. The number of aromatic nitrogens is 1. The molecule has 5 heteroatoms. The minimum Gasteiger partial charge on any atom is -0.492 e. The Labute approximate surface area is 147 Å². The van der Waals surface area contributed by atoms with Gasteiger partial charge in [-0.25, -0.2) is 4.98 Å². The lowest BCUT2D eigenvalue weighted by atomic mass is 10.1. The quantitative estimate of drug-likeness (QED) is 0.802. The first kappa shape index (κ1) is 17.0. The number of benzene rings is 1. The largest absolute Gasteiger partial charge is 0.492 e. The smallest absolute Gasteiger partial charge is 0.255 e. The van der Waals surface area contributed by atoms with Crippen molar-refractivity contribution in [3.05, 3.63) is 45.9 Å². The van der Waals surface area contributed by atoms with E-state index in [1.807, 2.05) is 36.6 Å². The maximum Gasteiger partial charge on any atom is 0.255 e. The van der Waals surface area contributed by atoms with Gasteiger partial charge in [-0.05, 0) is 37.8 Å². The first-order valence-corrected chi connectivity index (χ1v) is 9.40. The minimum absolute atomic E-state index is 0.118. The highest BCUT2D eigenvalue weighted by atomic mass is 32.1. The van der Waals surface area contributed by atoms with Crippen LogP contribution in [-0.4, -0.2) is 17.5 Å². The molecular weight excluding hydrogens is 320 g/mol. The molecule has 1 aromatic heterocycles. The van der Waals surface area contributed by atoms with E-state index in [2.05, 4.69) is 24.1 Å². The third-order valence-corrected chi connectivity index (χ3v) is 5.29. The van der Waals surface area contributed by atoms with Gasteiger partial charge in [-0.1, -0.05) is 26.0 Å². The number of hydrogen-bond donors (Lipinski definition) is 1. The number of nitrogens with zero attached hydrogens (tertiary/aromatic N) is 1. The predicted molar refractivity (Wildman–Crippen MR) is 96.7 cm³/mol. The summed E-state index contributed by atoms with van der Waals surface area (Å²) in [4.78, 5) is 17.3. The second kappa shape index (κ2) is 7.34. The maximum absolute atomic E-state index is 12.6. The standard InChI is InChI=1S/C19H24N2O2S/c1-12(2)19-21-16(11-24-19)13(3)20-18(22)15-6-4-5-7-17(15)23-10-14-8-9-14/h4-7,11-14H,8-10H2,1-3H3,(H,20,22). The van der Waals surface area contributed by atoms with Gasteiger partial charge in [0.05, 0.1) is 28.9 Å². The van der Waals surface area contributed by atoms with Crippen LogP contribution in [0.5, 0.6) is 5.75 Å². The molecule has 1 fully saturated rings. The molecule has 128 valence electrons. The molecule has 1 saturated carbocycles. The molecule has 0 bridgehead atoms. The van der Waals surface area contributed by atoms with E-state index in [0.717, 1.165) is 10.7 Å². The van der Waals surface area contributed by atoms with E-state index in [1.165, 1.54) is 12.8 Å². The van der Waals surface area contributed by atoms with Crippen LogP contribution < -0.4 is 10.1 Å². The van der Waals surface area contributed by atoms with Crippen molar-refractivity contribution in [2.24, 2.45) is 5.92 Å². The number of hydrogen-bond acceptors (Lipinski definition) is 4. The van der Waals surface area contributed by atoms with Gasteiger partial charge in [-0.3, -0.25) is 4.79 Å². The normalized spacial score (nSPS) is 15.3. The van der Waals surface area contributed by atoms with Crippen LogP contribution in [0, 0.1) is 5.92 Å². The minimum atomic E-state index is -0.127. The van der Waals surface area contributed by atoms with Crippen LogP contribution in [0.4, 0.5) is 0 Å². The summed E-state index contributed by atoms with van der Waals surface area (Å²) in [5.74, 6) is 1.61. The van der Waals surface area contributed by atoms with Gasteiger partial charge in [0.15, 0.2) is 0 Å². The van der Waals surface area contributed by atoms with Crippen molar-refractivity contribution in [3.63, 3.8) is 0 Å². The molecule has 1 unspecified atom stereocenters. The van der Waals surface area contributed by atoms with Gasteiger partial charge >= 0.3 is 0 Å². The predicted octanol–water partition coefficient (Wildman–Crippen LogP) is 4.55. The van der Waals surface area contributed by atoms with E-state index in [-0.39, 0.29) is 11.9 Å². The molecular formula is C19H24N2O2S. The molecule has 1 aromatic carbocycles. The zero-order valence-corrected chi connectivity index (χ0v) is 15.2. The Morgan fingerprint density at radius 2 is 2.08 bits per heavy atom. The number of ether oxygens (including phenoxy) is 1. The first-order valence-electron chi connectivity index (χ1n) is 8.52. The molecule has 1 N–H and O–H groups in total. The molecule has 24 heavy (non-hydrogen) atoms. The van der Waals surface area contributed by atoms with Gasteiger partial charge in [-0.2, -0.15) is 0 Å². The number of thiazole rings is 1. The van der Waals surface area contributed by atoms with Gasteiger partial charge < -0.3 is 10.1 Å². The van der Waals surface area contributed by atoms with Gasteiger partial charge in [-0.15, -0.1) is 11.3 Å². The van der Waals surface area contributed by atoms with Crippen molar-refractivity contribution in [2.75, 3.05) is 6.61 Å². The summed E-state index contributed by atoms with van der Waals surface area (Å²) >= 11 is 1.64.